The van der Waals surface area contributed by atoms with E-state index in [9.17, 15) is 24.0 Å². The fourth-order valence-corrected chi connectivity index (χ4v) is 7.28. The Morgan fingerprint density at radius 2 is 1.37 bits per heavy atom. The Bertz CT molecular complexity index is 2290. The number of rotatable bonds is 16. The zero-order chi connectivity index (χ0) is 40.9. The summed E-state index contributed by atoms with van der Waals surface area (Å²) in [6, 6.07) is 27.4. The van der Waals surface area contributed by atoms with Crippen LogP contribution in [0.15, 0.2) is 108 Å². The van der Waals surface area contributed by atoms with E-state index >= 15 is 0 Å². The van der Waals surface area contributed by atoms with E-state index in [0.717, 1.165) is 11.3 Å². The maximum atomic E-state index is 13.8. The number of thioether (sulfide) groups is 1. The molecule has 4 amide bonds. The monoisotopic (exact) mass is 808 g/mol. The van der Waals surface area contributed by atoms with Gasteiger partial charge in [-0.1, -0.05) is 42.5 Å². The third-order valence-electron chi connectivity index (χ3n) is 8.14. The van der Waals surface area contributed by atoms with Crippen molar-refractivity contribution in [3.63, 3.8) is 0 Å². The lowest BCUT2D eigenvalue weighted by atomic mass is 10.1. The predicted octanol–water partition coefficient (Wildman–Crippen LogP) is 7.65. The van der Waals surface area contributed by atoms with E-state index in [0.29, 0.717) is 50.2 Å². The van der Waals surface area contributed by atoms with Crippen LogP contribution in [-0.2, 0) is 14.3 Å². The SMILES string of the molecule is CCOC(=O)c1c(NC(=O)CSc2cccc(NC(=O)/C(=C\c3cc(OC)c(OC)cc3OC)NC(=O)c3ccccc3)c2)sc(C(=O)Nc2ccccc2)c1C. The van der Waals surface area contributed by atoms with Crippen LogP contribution in [0.4, 0.5) is 16.4 Å². The van der Waals surface area contributed by atoms with E-state index < -0.39 is 29.6 Å². The highest BCUT2D eigenvalue weighted by molar-refractivity contribution is 8.00. The summed E-state index contributed by atoms with van der Waals surface area (Å²) in [5, 5.41) is 11.3. The minimum atomic E-state index is -0.658. The van der Waals surface area contributed by atoms with Crippen molar-refractivity contribution in [2.45, 2.75) is 18.7 Å². The molecule has 5 aromatic rings. The average Bonchev–Trinajstić information content (AvgIpc) is 3.55. The van der Waals surface area contributed by atoms with Gasteiger partial charge >= 0.3 is 5.97 Å². The number of nitrogens with one attached hydrogen (secondary N) is 4. The number of methoxy groups -OCH3 is 3. The van der Waals surface area contributed by atoms with Gasteiger partial charge in [-0.2, -0.15) is 0 Å². The van der Waals surface area contributed by atoms with Crippen molar-refractivity contribution in [3.05, 3.63) is 130 Å². The molecule has 57 heavy (non-hydrogen) atoms. The van der Waals surface area contributed by atoms with Gasteiger partial charge in [0, 0.05) is 33.5 Å². The molecular weight excluding hydrogens is 769 g/mol. The molecule has 4 N–H and O–H groups in total. The highest BCUT2D eigenvalue weighted by Crippen LogP contribution is 2.37. The van der Waals surface area contributed by atoms with Crippen molar-refractivity contribution < 1.29 is 42.9 Å². The van der Waals surface area contributed by atoms with Crippen molar-refractivity contribution in [1.29, 1.82) is 0 Å². The highest BCUT2D eigenvalue weighted by Gasteiger charge is 2.27. The first-order valence-electron chi connectivity index (χ1n) is 17.4. The number of ether oxygens (including phenoxy) is 4. The van der Waals surface area contributed by atoms with Crippen LogP contribution < -0.4 is 35.5 Å². The Kier molecular flexibility index (Phi) is 14.5. The Balaban J connectivity index is 1.33. The Morgan fingerprint density at radius 3 is 2.04 bits per heavy atom. The highest BCUT2D eigenvalue weighted by atomic mass is 32.2. The number of anilines is 3. The number of esters is 1. The number of carbonyl (C=O) groups is 5. The molecule has 13 nitrogen and oxygen atoms in total. The van der Waals surface area contributed by atoms with Crippen molar-refractivity contribution in [1.82, 2.24) is 5.32 Å². The zero-order valence-electron chi connectivity index (χ0n) is 31.7. The Morgan fingerprint density at radius 1 is 0.719 bits per heavy atom. The van der Waals surface area contributed by atoms with E-state index in [2.05, 4.69) is 21.3 Å². The Hall–Kier alpha value is -6.58. The quantitative estimate of drug-likeness (QED) is 0.0441. The van der Waals surface area contributed by atoms with Gasteiger partial charge < -0.3 is 40.2 Å². The number of hydrogen-bond donors (Lipinski definition) is 4. The van der Waals surface area contributed by atoms with Gasteiger partial charge in [-0.15, -0.1) is 23.1 Å². The summed E-state index contributed by atoms with van der Waals surface area (Å²) < 4.78 is 21.6. The molecule has 1 heterocycles. The molecule has 15 heteroatoms. The largest absolute Gasteiger partial charge is 0.496 e. The van der Waals surface area contributed by atoms with Gasteiger partial charge in [0.05, 0.1) is 44.1 Å². The molecular formula is C42H40N4O9S2. The molecule has 5 rings (SSSR count). The van der Waals surface area contributed by atoms with Crippen LogP contribution in [0.2, 0.25) is 0 Å². The van der Waals surface area contributed by atoms with Gasteiger partial charge in [0.15, 0.2) is 11.5 Å². The van der Waals surface area contributed by atoms with E-state index in [-0.39, 0.29) is 33.5 Å². The third-order valence-corrected chi connectivity index (χ3v) is 10.3. The molecule has 0 saturated heterocycles. The molecule has 4 aromatic carbocycles. The van der Waals surface area contributed by atoms with Crippen LogP contribution in [0, 0.1) is 6.92 Å². The third kappa shape index (κ3) is 10.8. The van der Waals surface area contributed by atoms with E-state index in [1.165, 1.54) is 39.2 Å². The lowest BCUT2D eigenvalue weighted by Crippen LogP contribution is -2.30. The molecule has 0 aliphatic heterocycles. The lowest BCUT2D eigenvalue weighted by Gasteiger charge is -2.15. The molecule has 0 aliphatic carbocycles. The second-order valence-electron chi connectivity index (χ2n) is 11.9. The van der Waals surface area contributed by atoms with Crippen LogP contribution >= 0.6 is 23.1 Å². The second kappa shape index (κ2) is 19.8. The Labute approximate surface area is 337 Å². The minimum Gasteiger partial charge on any atom is -0.496 e. The van der Waals surface area contributed by atoms with E-state index in [1.54, 1.807) is 105 Å². The predicted molar refractivity (Wildman–Crippen MR) is 222 cm³/mol. The average molecular weight is 809 g/mol. The first-order chi connectivity index (χ1) is 27.5. The lowest BCUT2D eigenvalue weighted by molar-refractivity contribution is -0.114. The van der Waals surface area contributed by atoms with Crippen LogP contribution in [-0.4, -0.2) is 63.3 Å². The smallest absolute Gasteiger partial charge is 0.341 e. The number of amides is 4. The van der Waals surface area contributed by atoms with Gasteiger partial charge in [-0.25, -0.2) is 4.79 Å². The van der Waals surface area contributed by atoms with Gasteiger partial charge in [0.2, 0.25) is 5.91 Å². The number of thiophene rings is 1. The minimum absolute atomic E-state index is 0.0699. The number of benzene rings is 4. The molecule has 294 valence electrons. The van der Waals surface area contributed by atoms with Crippen molar-refractivity contribution in [3.8, 4) is 17.2 Å². The number of para-hydroxylation sites is 1. The molecule has 0 unspecified atom stereocenters. The topological polar surface area (TPSA) is 170 Å². The summed E-state index contributed by atoms with van der Waals surface area (Å²) in [5.41, 5.74) is 2.14. The standard InChI is InChI=1S/C42H40N4O9S2/c1-6-55-42(51)36-25(2)37(40(50)43-28-16-11-8-12-17-28)57-41(36)46-35(47)24-56-30-19-13-18-29(22-30)44-39(49)31(45-38(48)26-14-9-7-10-15-26)20-27-21-33(53-4)34(54-5)23-32(27)52-3/h7-23H,6,24H2,1-5H3,(H,43,50)(H,44,49)(H,45,48)(H,46,47)/b31-20+. The van der Waals surface area contributed by atoms with Gasteiger partial charge in [0.1, 0.15) is 16.4 Å². The summed E-state index contributed by atoms with van der Waals surface area (Å²) in [6.07, 6.45) is 1.47. The molecule has 0 fully saturated rings. The first-order valence-corrected chi connectivity index (χ1v) is 19.2. The van der Waals surface area contributed by atoms with E-state index in [1.807, 2.05) is 6.07 Å². The zero-order valence-corrected chi connectivity index (χ0v) is 33.4. The van der Waals surface area contributed by atoms with Crippen LogP contribution in [0.25, 0.3) is 6.08 Å². The molecule has 0 atom stereocenters. The normalized spacial score (nSPS) is 10.9. The molecule has 0 saturated carbocycles. The summed E-state index contributed by atoms with van der Waals surface area (Å²) in [7, 11) is 4.43. The van der Waals surface area contributed by atoms with Crippen LogP contribution in [0.3, 0.4) is 0 Å². The van der Waals surface area contributed by atoms with Gasteiger partial charge in [0.25, 0.3) is 17.7 Å². The van der Waals surface area contributed by atoms with Gasteiger partial charge in [-0.05, 0) is 74.0 Å². The second-order valence-corrected chi connectivity index (χ2v) is 14.0. The summed E-state index contributed by atoms with van der Waals surface area (Å²) in [4.78, 5) is 67.4. The molecule has 0 aliphatic rings. The van der Waals surface area contributed by atoms with Crippen LogP contribution in [0.1, 0.15) is 48.4 Å². The van der Waals surface area contributed by atoms with Crippen molar-refractivity contribution in [2.75, 3.05) is 49.6 Å². The molecule has 0 radical (unpaired) electrons. The fraction of sp³-hybridized carbons (Fsp3) is 0.167. The molecule has 0 spiro atoms. The number of hydrogen-bond acceptors (Lipinski definition) is 11. The summed E-state index contributed by atoms with van der Waals surface area (Å²) >= 11 is 2.16. The van der Waals surface area contributed by atoms with E-state index in [4.69, 9.17) is 18.9 Å². The van der Waals surface area contributed by atoms with Crippen molar-refractivity contribution >= 4 is 75.1 Å². The summed E-state index contributed by atoms with van der Waals surface area (Å²) in [5.74, 6) is -1.58. The van der Waals surface area contributed by atoms with Crippen molar-refractivity contribution in [2.24, 2.45) is 0 Å². The maximum Gasteiger partial charge on any atom is 0.341 e. The van der Waals surface area contributed by atoms with Gasteiger partial charge in [-0.3, -0.25) is 19.2 Å². The molecule has 1 aromatic heterocycles. The van der Waals surface area contributed by atoms with Crippen LogP contribution in [0.5, 0.6) is 17.2 Å². The fourth-order valence-electron chi connectivity index (χ4n) is 5.41. The number of carbonyl (C=O) groups excluding carboxylic acids is 5. The first kappa shape index (κ1) is 41.6. The maximum absolute atomic E-state index is 13.8. The summed E-state index contributed by atoms with van der Waals surface area (Å²) in [6.45, 7) is 3.41. The molecule has 0 bridgehead atoms.